The van der Waals surface area contributed by atoms with Crippen LogP contribution in [0.2, 0.25) is 0 Å². The maximum atomic E-state index is 3.41. The Bertz CT molecular complexity index is 100. The van der Waals surface area contributed by atoms with Gasteiger partial charge >= 0.3 is 0 Å². The van der Waals surface area contributed by atoms with Crippen molar-refractivity contribution >= 4 is 11.8 Å². The molecule has 0 radical (unpaired) electrons. The van der Waals surface area contributed by atoms with Gasteiger partial charge in [0.25, 0.3) is 0 Å². The van der Waals surface area contributed by atoms with Crippen LogP contribution in [0.15, 0.2) is 0 Å². The van der Waals surface area contributed by atoms with Crippen LogP contribution >= 0.6 is 11.8 Å². The van der Waals surface area contributed by atoms with Gasteiger partial charge in [0.15, 0.2) is 0 Å². The summed E-state index contributed by atoms with van der Waals surface area (Å²) in [5, 5.41) is 3.41. The zero-order valence-electron chi connectivity index (χ0n) is 8.14. The van der Waals surface area contributed by atoms with Gasteiger partial charge in [-0.15, -0.1) is 0 Å². The number of unbranched alkanes of at least 4 members (excludes halogenated alkanes) is 2. The van der Waals surface area contributed by atoms with Gasteiger partial charge in [0.05, 0.1) is 0 Å². The summed E-state index contributed by atoms with van der Waals surface area (Å²) in [4.78, 5) is 0. The number of nitrogens with one attached hydrogen (secondary N) is 1. The fourth-order valence-corrected chi connectivity index (χ4v) is 2.75. The molecular weight excluding hydrogens is 166 g/mol. The minimum atomic E-state index is 0.969. The van der Waals surface area contributed by atoms with Crippen molar-refractivity contribution in [3.05, 3.63) is 0 Å². The fraction of sp³-hybridized carbons (Fsp3) is 1.00. The third kappa shape index (κ3) is 4.36. The molecule has 1 fully saturated rings. The SMILES string of the molecule is CCCCCSCC1CCNC1. The molecular formula is C10H21NS. The van der Waals surface area contributed by atoms with Crippen LogP contribution in [0.4, 0.5) is 0 Å². The van der Waals surface area contributed by atoms with Crippen LogP contribution in [0, 0.1) is 5.92 Å². The Labute approximate surface area is 80.7 Å². The molecule has 0 aliphatic carbocycles. The standard InChI is InChI=1S/C10H21NS/c1-2-3-4-7-12-9-10-5-6-11-8-10/h10-11H,2-9H2,1H3. The zero-order valence-corrected chi connectivity index (χ0v) is 8.96. The first-order valence-corrected chi connectivity index (χ1v) is 6.37. The monoisotopic (exact) mass is 187 g/mol. The molecule has 0 aromatic rings. The molecule has 0 amide bonds. The smallest absolute Gasteiger partial charge is 0.00121 e. The predicted octanol–water partition coefficient (Wildman–Crippen LogP) is 2.52. The molecule has 2 heteroatoms. The summed E-state index contributed by atoms with van der Waals surface area (Å²) < 4.78 is 0. The zero-order chi connectivity index (χ0) is 8.65. The molecule has 0 bridgehead atoms. The summed E-state index contributed by atoms with van der Waals surface area (Å²) in [6, 6.07) is 0. The van der Waals surface area contributed by atoms with Gasteiger partial charge in [-0.1, -0.05) is 19.8 Å². The minimum absolute atomic E-state index is 0.969. The lowest BCUT2D eigenvalue weighted by atomic mass is 10.2. The van der Waals surface area contributed by atoms with Crippen LogP contribution in [-0.2, 0) is 0 Å². The van der Waals surface area contributed by atoms with Gasteiger partial charge in [0, 0.05) is 0 Å². The Morgan fingerprint density at radius 3 is 3.00 bits per heavy atom. The fourth-order valence-electron chi connectivity index (χ4n) is 1.56. The lowest BCUT2D eigenvalue weighted by Crippen LogP contribution is -2.10. The second kappa shape index (κ2) is 6.79. The van der Waals surface area contributed by atoms with Crippen LogP contribution in [0.25, 0.3) is 0 Å². The van der Waals surface area contributed by atoms with E-state index in [1.54, 1.807) is 0 Å². The van der Waals surface area contributed by atoms with Crippen LogP contribution in [0.1, 0.15) is 32.6 Å². The van der Waals surface area contributed by atoms with Gasteiger partial charge in [0.1, 0.15) is 0 Å². The molecule has 0 aromatic carbocycles. The summed E-state index contributed by atoms with van der Waals surface area (Å²) in [6.45, 7) is 4.78. The van der Waals surface area contributed by atoms with E-state index in [2.05, 4.69) is 24.0 Å². The first kappa shape index (κ1) is 10.4. The third-order valence-electron chi connectivity index (χ3n) is 2.41. The molecule has 1 atom stereocenters. The van der Waals surface area contributed by atoms with Gasteiger partial charge in [-0.05, 0) is 43.4 Å². The molecule has 72 valence electrons. The van der Waals surface area contributed by atoms with Crippen LogP contribution in [0.3, 0.4) is 0 Å². The average molecular weight is 187 g/mol. The van der Waals surface area contributed by atoms with Gasteiger partial charge < -0.3 is 5.32 Å². The van der Waals surface area contributed by atoms with Gasteiger partial charge in [-0.25, -0.2) is 0 Å². The minimum Gasteiger partial charge on any atom is -0.316 e. The van der Waals surface area contributed by atoms with Crippen molar-refractivity contribution in [2.75, 3.05) is 24.6 Å². The van der Waals surface area contributed by atoms with Crippen molar-refractivity contribution in [3.8, 4) is 0 Å². The van der Waals surface area contributed by atoms with Crippen molar-refractivity contribution < 1.29 is 0 Å². The van der Waals surface area contributed by atoms with E-state index < -0.39 is 0 Å². The highest BCUT2D eigenvalue weighted by Gasteiger charge is 2.13. The maximum Gasteiger partial charge on any atom is -0.00121 e. The molecule has 1 nitrogen and oxygen atoms in total. The van der Waals surface area contributed by atoms with E-state index in [4.69, 9.17) is 0 Å². The van der Waals surface area contributed by atoms with Gasteiger partial charge in [-0.3, -0.25) is 0 Å². The number of hydrogen-bond donors (Lipinski definition) is 1. The molecule has 12 heavy (non-hydrogen) atoms. The van der Waals surface area contributed by atoms with Crippen molar-refractivity contribution in [2.45, 2.75) is 32.6 Å². The van der Waals surface area contributed by atoms with E-state index >= 15 is 0 Å². The molecule has 1 rings (SSSR count). The number of hydrogen-bond acceptors (Lipinski definition) is 2. The Kier molecular flexibility index (Phi) is 5.88. The largest absolute Gasteiger partial charge is 0.316 e. The number of thioether (sulfide) groups is 1. The van der Waals surface area contributed by atoms with E-state index in [9.17, 15) is 0 Å². The van der Waals surface area contributed by atoms with Crippen LogP contribution in [-0.4, -0.2) is 24.6 Å². The van der Waals surface area contributed by atoms with Gasteiger partial charge in [0.2, 0.25) is 0 Å². The highest BCUT2D eigenvalue weighted by Crippen LogP contribution is 2.16. The predicted molar refractivity (Wildman–Crippen MR) is 57.8 cm³/mol. The molecule has 1 saturated heterocycles. The highest BCUT2D eigenvalue weighted by molar-refractivity contribution is 7.99. The molecule has 1 heterocycles. The normalized spacial score (nSPS) is 23.2. The first-order chi connectivity index (χ1) is 5.93. The Balaban J connectivity index is 1.81. The van der Waals surface area contributed by atoms with E-state index in [0.717, 1.165) is 5.92 Å². The average Bonchev–Trinajstić information content (AvgIpc) is 2.57. The summed E-state index contributed by atoms with van der Waals surface area (Å²) >= 11 is 2.15. The molecule has 0 saturated carbocycles. The van der Waals surface area contributed by atoms with E-state index in [1.165, 1.54) is 50.3 Å². The molecule has 1 aliphatic rings. The Morgan fingerprint density at radius 1 is 1.42 bits per heavy atom. The molecule has 1 aliphatic heterocycles. The molecule has 1 N–H and O–H groups in total. The summed E-state index contributed by atoms with van der Waals surface area (Å²) in [5.74, 6) is 3.73. The topological polar surface area (TPSA) is 12.0 Å². The Morgan fingerprint density at radius 2 is 2.33 bits per heavy atom. The molecule has 0 aromatic heterocycles. The second-order valence-corrected chi connectivity index (χ2v) is 4.79. The number of rotatable bonds is 6. The second-order valence-electron chi connectivity index (χ2n) is 3.64. The van der Waals surface area contributed by atoms with E-state index in [0.29, 0.717) is 0 Å². The summed E-state index contributed by atoms with van der Waals surface area (Å²) in [5.41, 5.74) is 0. The molecule has 0 spiro atoms. The first-order valence-electron chi connectivity index (χ1n) is 5.22. The Hall–Kier alpha value is 0.310. The summed E-state index contributed by atoms with van der Waals surface area (Å²) in [6.07, 6.45) is 5.59. The van der Waals surface area contributed by atoms with Gasteiger partial charge in [-0.2, -0.15) is 11.8 Å². The third-order valence-corrected chi connectivity index (χ3v) is 3.69. The lowest BCUT2D eigenvalue weighted by Gasteiger charge is -2.06. The van der Waals surface area contributed by atoms with Crippen molar-refractivity contribution in [1.82, 2.24) is 5.32 Å². The summed E-state index contributed by atoms with van der Waals surface area (Å²) in [7, 11) is 0. The van der Waals surface area contributed by atoms with E-state index in [-0.39, 0.29) is 0 Å². The quantitative estimate of drug-likeness (QED) is 0.641. The van der Waals surface area contributed by atoms with Crippen molar-refractivity contribution in [1.29, 1.82) is 0 Å². The highest BCUT2D eigenvalue weighted by atomic mass is 32.2. The van der Waals surface area contributed by atoms with Crippen molar-refractivity contribution in [3.63, 3.8) is 0 Å². The van der Waals surface area contributed by atoms with Crippen molar-refractivity contribution in [2.24, 2.45) is 5.92 Å². The van der Waals surface area contributed by atoms with E-state index in [1.807, 2.05) is 0 Å². The van der Waals surface area contributed by atoms with Crippen LogP contribution < -0.4 is 5.32 Å². The molecule has 1 unspecified atom stereocenters. The maximum absolute atomic E-state index is 3.41. The lowest BCUT2D eigenvalue weighted by molar-refractivity contribution is 0.661. The van der Waals surface area contributed by atoms with Crippen LogP contribution in [0.5, 0.6) is 0 Å².